The van der Waals surface area contributed by atoms with Gasteiger partial charge in [-0.05, 0) is 28.7 Å². The average molecular weight is 469 g/mol. The van der Waals surface area contributed by atoms with Gasteiger partial charge in [-0.1, -0.05) is 90.5 Å². The van der Waals surface area contributed by atoms with Crippen LogP contribution in [0, 0.1) is 3.57 Å². The Morgan fingerprint density at radius 3 is 1.58 bits per heavy atom. The smallest absolute Gasteiger partial charge is 0.161 e. The lowest BCUT2D eigenvalue weighted by molar-refractivity contribution is 1.18. The van der Waals surface area contributed by atoms with Gasteiger partial charge < -0.3 is 0 Å². The SMILES string of the molecule is Clc1c(-c2ccccc2)nc(-c2ccccc2I)nc1-c1ccccc1. The summed E-state index contributed by atoms with van der Waals surface area (Å²) in [7, 11) is 0. The molecular weight excluding hydrogens is 455 g/mol. The molecule has 0 amide bonds. The van der Waals surface area contributed by atoms with Gasteiger partial charge in [0.2, 0.25) is 0 Å². The van der Waals surface area contributed by atoms with Gasteiger partial charge >= 0.3 is 0 Å². The Bertz CT molecular complexity index is 989. The Morgan fingerprint density at radius 1 is 0.615 bits per heavy atom. The third kappa shape index (κ3) is 3.37. The lowest BCUT2D eigenvalue weighted by atomic mass is 10.1. The summed E-state index contributed by atoms with van der Waals surface area (Å²) in [4.78, 5) is 9.62. The van der Waals surface area contributed by atoms with Gasteiger partial charge in [-0.2, -0.15) is 0 Å². The van der Waals surface area contributed by atoms with Crippen LogP contribution in [0.1, 0.15) is 0 Å². The summed E-state index contributed by atoms with van der Waals surface area (Å²) >= 11 is 9.06. The van der Waals surface area contributed by atoms with Crippen LogP contribution >= 0.6 is 34.2 Å². The number of halogens is 2. The van der Waals surface area contributed by atoms with Crippen LogP contribution in [0.3, 0.4) is 0 Å². The number of rotatable bonds is 3. The molecule has 0 N–H and O–H groups in total. The van der Waals surface area contributed by atoms with Gasteiger partial charge in [0.1, 0.15) is 0 Å². The summed E-state index contributed by atoms with van der Waals surface area (Å²) in [6.45, 7) is 0. The van der Waals surface area contributed by atoms with E-state index in [4.69, 9.17) is 21.6 Å². The van der Waals surface area contributed by atoms with Crippen LogP contribution in [0.2, 0.25) is 5.02 Å². The molecule has 0 radical (unpaired) electrons. The minimum Gasteiger partial charge on any atom is -0.226 e. The largest absolute Gasteiger partial charge is 0.226 e. The van der Waals surface area contributed by atoms with Crippen molar-refractivity contribution in [2.45, 2.75) is 0 Å². The molecule has 0 unspecified atom stereocenters. The van der Waals surface area contributed by atoms with E-state index < -0.39 is 0 Å². The lowest BCUT2D eigenvalue weighted by Gasteiger charge is -2.13. The summed E-state index contributed by atoms with van der Waals surface area (Å²) < 4.78 is 1.10. The normalized spacial score (nSPS) is 10.7. The van der Waals surface area contributed by atoms with Crippen molar-refractivity contribution < 1.29 is 0 Å². The van der Waals surface area contributed by atoms with Crippen molar-refractivity contribution in [3.05, 3.63) is 93.5 Å². The fraction of sp³-hybridized carbons (Fsp3) is 0. The molecule has 4 heteroatoms. The van der Waals surface area contributed by atoms with E-state index in [1.165, 1.54) is 0 Å². The minimum absolute atomic E-state index is 0.567. The van der Waals surface area contributed by atoms with Crippen molar-refractivity contribution in [1.82, 2.24) is 9.97 Å². The van der Waals surface area contributed by atoms with Crippen LogP contribution in [0.25, 0.3) is 33.9 Å². The van der Waals surface area contributed by atoms with Crippen LogP contribution in [0.5, 0.6) is 0 Å². The van der Waals surface area contributed by atoms with Gasteiger partial charge in [-0.3, -0.25) is 0 Å². The van der Waals surface area contributed by atoms with E-state index >= 15 is 0 Å². The van der Waals surface area contributed by atoms with Crippen LogP contribution < -0.4 is 0 Å². The van der Waals surface area contributed by atoms with E-state index in [0.717, 1.165) is 31.6 Å². The molecule has 0 saturated heterocycles. The fourth-order valence-electron chi connectivity index (χ4n) is 2.78. The standard InChI is InChI=1S/C22H14ClIN2/c23-19-20(15-9-3-1-4-10-15)25-22(17-13-7-8-14-18(17)24)26-21(19)16-11-5-2-6-12-16/h1-14H. The molecule has 1 heterocycles. The van der Waals surface area contributed by atoms with Crippen molar-refractivity contribution in [3.63, 3.8) is 0 Å². The van der Waals surface area contributed by atoms with E-state index in [2.05, 4.69) is 28.7 Å². The number of nitrogens with zero attached hydrogens (tertiary/aromatic N) is 2. The summed E-state index contributed by atoms with van der Waals surface area (Å²) in [6.07, 6.45) is 0. The van der Waals surface area contributed by atoms with Gasteiger partial charge in [0, 0.05) is 20.3 Å². The van der Waals surface area contributed by atoms with Crippen molar-refractivity contribution in [3.8, 4) is 33.9 Å². The van der Waals surface area contributed by atoms with Gasteiger partial charge in [0.15, 0.2) is 5.82 Å². The van der Waals surface area contributed by atoms with Gasteiger partial charge in [0.05, 0.1) is 16.4 Å². The molecule has 0 aliphatic carbocycles. The maximum absolute atomic E-state index is 6.75. The monoisotopic (exact) mass is 468 g/mol. The number of benzene rings is 3. The first kappa shape index (κ1) is 17.2. The van der Waals surface area contributed by atoms with E-state index in [1.807, 2.05) is 78.9 Å². The third-order valence-corrected chi connectivity index (χ3v) is 5.36. The lowest BCUT2D eigenvalue weighted by Crippen LogP contribution is -1.99. The van der Waals surface area contributed by atoms with Gasteiger partial charge in [-0.25, -0.2) is 9.97 Å². The Morgan fingerprint density at radius 2 is 1.08 bits per heavy atom. The molecular formula is C22H14ClIN2. The molecule has 0 fully saturated rings. The Hall–Kier alpha value is -2.24. The van der Waals surface area contributed by atoms with Crippen LogP contribution in [0.4, 0.5) is 0 Å². The first-order valence-electron chi connectivity index (χ1n) is 8.17. The van der Waals surface area contributed by atoms with Crippen molar-refractivity contribution in [1.29, 1.82) is 0 Å². The molecule has 1 aromatic heterocycles. The predicted molar refractivity (Wildman–Crippen MR) is 116 cm³/mol. The molecule has 0 saturated carbocycles. The van der Waals surface area contributed by atoms with E-state index in [-0.39, 0.29) is 0 Å². The van der Waals surface area contributed by atoms with Crippen LogP contribution in [-0.4, -0.2) is 9.97 Å². The molecule has 126 valence electrons. The molecule has 4 rings (SSSR count). The summed E-state index contributed by atoms with van der Waals surface area (Å²) in [6, 6.07) is 28.1. The zero-order valence-corrected chi connectivity index (χ0v) is 16.6. The first-order chi connectivity index (χ1) is 12.7. The quantitative estimate of drug-likeness (QED) is 0.311. The molecule has 0 bridgehead atoms. The second kappa shape index (κ2) is 7.56. The van der Waals surface area contributed by atoms with Crippen molar-refractivity contribution in [2.75, 3.05) is 0 Å². The van der Waals surface area contributed by atoms with E-state index in [9.17, 15) is 0 Å². The van der Waals surface area contributed by atoms with E-state index in [0.29, 0.717) is 10.8 Å². The molecule has 0 aliphatic rings. The maximum Gasteiger partial charge on any atom is 0.161 e. The zero-order chi connectivity index (χ0) is 17.9. The van der Waals surface area contributed by atoms with Crippen LogP contribution in [0.15, 0.2) is 84.9 Å². The summed E-state index contributed by atoms with van der Waals surface area (Å²) in [5.41, 5.74) is 4.44. The number of hydrogen-bond donors (Lipinski definition) is 0. The highest BCUT2D eigenvalue weighted by Crippen LogP contribution is 2.36. The topological polar surface area (TPSA) is 25.8 Å². The van der Waals surface area contributed by atoms with Gasteiger partial charge in [0.25, 0.3) is 0 Å². The molecule has 0 aliphatic heterocycles. The molecule has 0 spiro atoms. The molecule has 3 aromatic carbocycles. The fourth-order valence-corrected chi connectivity index (χ4v) is 3.72. The minimum atomic E-state index is 0.567. The Balaban J connectivity index is 2.01. The molecule has 0 atom stereocenters. The highest BCUT2D eigenvalue weighted by molar-refractivity contribution is 14.1. The van der Waals surface area contributed by atoms with Crippen molar-refractivity contribution in [2.24, 2.45) is 0 Å². The van der Waals surface area contributed by atoms with E-state index in [1.54, 1.807) is 0 Å². The van der Waals surface area contributed by atoms with Crippen molar-refractivity contribution >= 4 is 34.2 Å². The van der Waals surface area contributed by atoms with Gasteiger partial charge in [-0.15, -0.1) is 0 Å². The maximum atomic E-state index is 6.75. The van der Waals surface area contributed by atoms with Crippen LogP contribution in [-0.2, 0) is 0 Å². The number of hydrogen-bond acceptors (Lipinski definition) is 2. The second-order valence-corrected chi connectivity index (χ2v) is 7.31. The number of aromatic nitrogens is 2. The Kier molecular flexibility index (Phi) is 5.00. The third-order valence-electron chi connectivity index (χ3n) is 4.06. The molecule has 2 nitrogen and oxygen atoms in total. The predicted octanol–water partition coefficient (Wildman–Crippen LogP) is 6.74. The zero-order valence-electron chi connectivity index (χ0n) is 13.7. The highest BCUT2D eigenvalue weighted by Gasteiger charge is 2.17. The summed E-state index contributed by atoms with van der Waals surface area (Å²) in [5.74, 6) is 0.678. The summed E-state index contributed by atoms with van der Waals surface area (Å²) in [5, 5.41) is 0.567. The average Bonchev–Trinajstić information content (AvgIpc) is 2.70. The second-order valence-electron chi connectivity index (χ2n) is 5.77. The molecule has 4 aromatic rings. The Labute approximate surface area is 171 Å². The highest BCUT2D eigenvalue weighted by atomic mass is 127. The first-order valence-corrected chi connectivity index (χ1v) is 9.63. The molecule has 26 heavy (non-hydrogen) atoms.